The molecule has 1 N–H and O–H groups in total. The van der Waals surface area contributed by atoms with Gasteiger partial charge >= 0.3 is 0 Å². The number of unbranched alkanes of at least 4 members (excludes halogenated alkanes) is 1. The minimum Gasteiger partial charge on any atom is -0.354 e. The minimum atomic E-state index is -3.62. The zero-order valence-corrected chi connectivity index (χ0v) is 15.0. The van der Waals surface area contributed by atoms with E-state index in [0.717, 1.165) is 29.0 Å². The number of carbonyl (C=O) groups is 1. The van der Waals surface area contributed by atoms with E-state index in [1.54, 1.807) is 32.0 Å². The second-order valence-corrected chi connectivity index (χ2v) is 7.61. The lowest BCUT2D eigenvalue weighted by atomic mass is 10.1. The fourth-order valence-electron chi connectivity index (χ4n) is 2.14. The van der Waals surface area contributed by atoms with Crippen molar-refractivity contribution in [2.45, 2.75) is 39.7 Å². The molecule has 7 heteroatoms. The maximum atomic E-state index is 12.2. The zero-order valence-electron chi connectivity index (χ0n) is 13.4. The number of nitrogens with zero attached hydrogens (tertiary/aromatic N) is 1. The Kier molecular flexibility index (Phi) is 6.68. The van der Waals surface area contributed by atoms with E-state index in [-0.39, 0.29) is 5.91 Å². The predicted octanol–water partition coefficient (Wildman–Crippen LogP) is 2.72. The van der Waals surface area contributed by atoms with Gasteiger partial charge in [-0.1, -0.05) is 31.0 Å². The smallest absolute Gasteiger partial charge is 0.243 e. The number of sulfonamides is 1. The van der Waals surface area contributed by atoms with Gasteiger partial charge in [-0.15, -0.1) is 0 Å². The highest BCUT2D eigenvalue weighted by molar-refractivity contribution is 7.92. The van der Waals surface area contributed by atoms with Crippen LogP contribution in [0.1, 0.15) is 32.3 Å². The van der Waals surface area contributed by atoms with Crippen LogP contribution in [0.25, 0.3) is 0 Å². The third-order valence-corrected chi connectivity index (χ3v) is 4.79. The zero-order chi connectivity index (χ0) is 16.9. The monoisotopic (exact) mass is 346 g/mol. The Morgan fingerprint density at radius 3 is 2.59 bits per heavy atom. The molecule has 0 heterocycles. The van der Waals surface area contributed by atoms with Gasteiger partial charge < -0.3 is 5.32 Å². The summed E-state index contributed by atoms with van der Waals surface area (Å²) in [7, 11) is -3.62. The maximum absolute atomic E-state index is 12.2. The quantitative estimate of drug-likeness (QED) is 0.772. The van der Waals surface area contributed by atoms with Gasteiger partial charge in [-0.3, -0.25) is 9.10 Å². The van der Waals surface area contributed by atoms with Crippen molar-refractivity contribution in [1.82, 2.24) is 5.32 Å². The van der Waals surface area contributed by atoms with Crippen molar-refractivity contribution in [3.63, 3.8) is 0 Å². The molecule has 0 saturated heterocycles. The topological polar surface area (TPSA) is 66.5 Å². The van der Waals surface area contributed by atoms with E-state index >= 15 is 0 Å². The van der Waals surface area contributed by atoms with Gasteiger partial charge in [0, 0.05) is 11.6 Å². The Morgan fingerprint density at radius 1 is 1.41 bits per heavy atom. The molecule has 124 valence electrons. The molecule has 0 spiro atoms. The summed E-state index contributed by atoms with van der Waals surface area (Å²) in [6, 6.07) is 4.14. The summed E-state index contributed by atoms with van der Waals surface area (Å²) < 4.78 is 25.5. The van der Waals surface area contributed by atoms with Crippen LogP contribution < -0.4 is 9.62 Å². The van der Waals surface area contributed by atoms with Gasteiger partial charge in [0.15, 0.2) is 0 Å². The highest BCUT2D eigenvalue weighted by Gasteiger charge is 2.30. The average Bonchev–Trinajstić information content (AvgIpc) is 2.41. The summed E-state index contributed by atoms with van der Waals surface area (Å²) >= 11 is 5.98. The molecular formula is C15H23ClN2O3S. The molecule has 1 atom stereocenters. The molecule has 1 aromatic rings. The van der Waals surface area contributed by atoms with Crippen molar-refractivity contribution in [3.05, 3.63) is 28.8 Å². The Balaban J connectivity index is 3.14. The molecule has 0 unspecified atom stereocenters. The Bertz CT molecular complexity index is 632. The summed E-state index contributed by atoms with van der Waals surface area (Å²) in [6.45, 7) is 5.91. The molecule has 0 aliphatic rings. The number of carbonyl (C=O) groups excluding carboxylic acids is 1. The molecule has 0 bridgehead atoms. The van der Waals surface area contributed by atoms with Crippen LogP contribution in [-0.2, 0) is 14.8 Å². The van der Waals surface area contributed by atoms with Crippen molar-refractivity contribution < 1.29 is 13.2 Å². The first kappa shape index (κ1) is 18.8. The molecule has 1 amide bonds. The molecule has 0 aliphatic carbocycles. The van der Waals surface area contributed by atoms with E-state index in [2.05, 4.69) is 5.32 Å². The molecule has 0 radical (unpaired) electrons. The summed E-state index contributed by atoms with van der Waals surface area (Å²) in [6.07, 6.45) is 2.90. The Morgan fingerprint density at radius 2 is 2.05 bits per heavy atom. The number of benzene rings is 1. The highest BCUT2D eigenvalue weighted by atomic mass is 35.5. The number of rotatable bonds is 7. The van der Waals surface area contributed by atoms with E-state index in [1.807, 2.05) is 6.92 Å². The fraction of sp³-hybridized carbons (Fsp3) is 0.533. The van der Waals surface area contributed by atoms with E-state index in [4.69, 9.17) is 11.6 Å². The summed E-state index contributed by atoms with van der Waals surface area (Å²) in [4.78, 5) is 12.2. The van der Waals surface area contributed by atoms with Gasteiger partial charge in [-0.2, -0.15) is 0 Å². The van der Waals surface area contributed by atoms with Crippen LogP contribution in [-0.4, -0.2) is 33.2 Å². The lowest BCUT2D eigenvalue weighted by Gasteiger charge is -2.29. The molecular weight excluding hydrogens is 324 g/mol. The number of hydrogen-bond donors (Lipinski definition) is 1. The van der Waals surface area contributed by atoms with E-state index in [1.165, 1.54) is 0 Å². The van der Waals surface area contributed by atoms with Crippen LogP contribution >= 0.6 is 11.6 Å². The molecule has 0 fully saturated rings. The summed E-state index contributed by atoms with van der Waals surface area (Å²) in [5.74, 6) is -0.321. The molecule has 0 aliphatic heterocycles. The van der Waals surface area contributed by atoms with Crippen molar-refractivity contribution >= 4 is 33.2 Å². The number of anilines is 1. The number of aryl methyl sites for hydroxylation is 1. The second kappa shape index (κ2) is 7.83. The Labute approximate surface area is 137 Å². The molecule has 0 saturated carbocycles. The van der Waals surface area contributed by atoms with Crippen molar-refractivity contribution in [1.29, 1.82) is 0 Å². The first-order valence-electron chi connectivity index (χ1n) is 7.21. The average molecular weight is 347 g/mol. The highest BCUT2D eigenvalue weighted by Crippen LogP contribution is 2.28. The van der Waals surface area contributed by atoms with Crippen LogP contribution in [0.2, 0.25) is 5.02 Å². The van der Waals surface area contributed by atoms with Gasteiger partial charge in [-0.05, 0) is 38.0 Å². The Hall–Kier alpha value is -1.27. The maximum Gasteiger partial charge on any atom is 0.243 e. The minimum absolute atomic E-state index is 0.321. The van der Waals surface area contributed by atoms with Gasteiger partial charge in [0.05, 0.1) is 11.9 Å². The summed E-state index contributed by atoms with van der Waals surface area (Å²) in [5, 5.41) is 3.19. The van der Waals surface area contributed by atoms with Crippen LogP contribution in [0, 0.1) is 6.92 Å². The number of halogens is 1. The van der Waals surface area contributed by atoms with Crippen LogP contribution in [0.15, 0.2) is 18.2 Å². The molecule has 0 aromatic heterocycles. The van der Waals surface area contributed by atoms with E-state index in [9.17, 15) is 13.2 Å². The second-order valence-electron chi connectivity index (χ2n) is 5.31. The first-order valence-corrected chi connectivity index (χ1v) is 9.44. The van der Waals surface area contributed by atoms with Gasteiger partial charge in [0.2, 0.25) is 15.9 Å². The first-order chi connectivity index (χ1) is 10.2. The van der Waals surface area contributed by atoms with E-state index in [0.29, 0.717) is 17.3 Å². The van der Waals surface area contributed by atoms with Crippen molar-refractivity contribution in [3.8, 4) is 0 Å². The van der Waals surface area contributed by atoms with Crippen molar-refractivity contribution in [2.24, 2.45) is 0 Å². The van der Waals surface area contributed by atoms with Gasteiger partial charge in [-0.25, -0.2) is 8.42 Å². The lowest BCUT2D eigenvalue weighted by molar-refractivity contribution is -0.121. The SMILES string of the molecule is CCCCNC(=O)[C@H](C)N(c1cc(Cl)ccc1C)S(C)(=O)=O. The number of hydrogen-bond acceptors (Lipinski definition) is 3. The van der Waals surface area contributed by atoms with Crippen LogP contribution in [0.4, 0.5) is 5.69 Å². The largest absolute Gasteiger partial charge is 0.354 e. The predicted molar refractivity (Wildman–Crippen MR) is 90.9 cm³/mol. The normalized spacial score (nSPS) is 12.8. The summed E-state index contributed by atoms with van der Waals surface area (Å²) in [5.41, 5.74) is 1.16. The standard InChI is InChI=1S/C15H23ClN2O3S/c1-5-6-9-17-15(19)12(3)18(22(4,20)21)14-10-13(16)8-7-11(14)2/h7-8,10,12H,5-6,9H2,1-4H3,(H,17,19)/t12-/m0/s1. The third-order valence-electron chi connectivity index (χ3n) is 3.33. The molecule has 22 heavy (non-hydrogen) atoms. The number of nitrogens with one attached hydrogen (secondary N) is 1. The lowest BCUT2D eigenvalue weighted by Crippen LogP contribution is -2.48. The van der Waals surface area contributed by atoms with Gasteiger partial charge in [0.1, 0.15) is 6.04 Å². The fourth-order valence-corrected chi connectivity index (χ4v) is 3.53. The van der Waals surface area contributed by atoms with Crippen LogP contribution in [0.5, 0.6) is 0 Å². The van der Waals surface area contributed by atoms with Gasteiger partial charge in [0.25, 0.3) is 0 Å². The number of amides is 1. The van der Waals surface area contributed by atoms with Crippen molar-refractivity contribution in [2.75, 3.05) is 17.1 Å². The van der Waals surface area contributed by atoms with Crippen LogP contribution in [0.3, 0.4) is 0 Å². The third kappa shape index (κ3) is 4.88. The van der Waals surface area contributed by atoms with E-state index < -0.39 is 16.1 Å². The molecule has 1 aromatic carbocycles. The molecule has 1 rings (SSSR count). The molecule has 5 nitrogen and oxygen atoms in total.